The monoisotopic (exact) mass is 342 g/mol. The Morgan fingerprint density at radius 1 is 1.04 bits per heavy atom. The summed E-state index contributed by atoms with van der Waals surface area (Å²) in [5.74, 6) is -2.52. The molecule has 0 aliphatic rings. The van der Waals surface area contributed by atoms with Crippen molar-refractivity contribution < 1.29 is 33.7 Å². The number of benzene rings is 2. The number of methoxy groups -OCH3 is 1. The number of carboxylic acid groups (broad SMARTS) is 1. The van der Waals surface area contributed by atoms with Gasteiger partial charge >= 0.3 is 17.9 Å². The normalized spacial score (nSPS) is 9.80. The molecule has 128 valence electrons. The van der Waals surface area contributed by atoms with Gasteiger partial charge in [-0.25, -0.2) is 14.4 Å². The minimum absolute atomic E-state index is 0.116. The van der Waals surface area contributed by atoms with E-state index in [1.165, 1.54) is 49.6 Å². The first-order valence-electron chi connectivity index (χ1n) is 7.03. The third-order valence-electron chi connectivity index (χ3n) is 3.10. The van der Waals surface area contributed by atoms with Gasteiger partial charge in [0.2, 0.25) is 0 Å². The highest BCUT2D eigenvalue weighted by Crippen LogP contribution is 2.32. The molecule has 0 atom stereocenters. The fraction of sp³-hybridized carbons (Fsp3) is 0.0556. The van der Waals surface area contributed by atoms with E-state index in [0.717, 1.165) is 6.08 Å². The summed E-state index contributed by atoms with van der Waals surface area (Å²) in [7, 11) is 1.33. The van der Waals surface area contributed by atoms with Gasteiger partial charge in [0.15, 0.2) is 11.5 Å². The van der Waals surface area contributed by atoms with Gasteiger partial charge in [0.25, 0.3) is 0 Å². The van der Waals surface area contributed by atoms with E-state index >= 15 is 0 Å². The molecule has 0 bridgehead atoms. The molecule has 2 aromatic carbocycles. The van der Waals surface area contributed by atoms with Crippen LogP contribution in [0.3, 0.4) is 0 Å². The quantitative estimate of drug-likeness (QED) is 0.489. The number of esters is 2. The van der Waals surface area contributed by atoms with Crippen LogP contribution in [0.4, 0.5) is 0 Å². The van der Waals surface area contributed by atoms with Gasteiger partial charge in [-0.15, -0.1) is 0 Å². The molecule has 2 aromatic rings. The van der Waals surface area contributed by atoms with Crippen LogP contribution in [0.15, 0.2) is 55.1 Å². The Balaban J connectivity index is 2.24. The molecular weight excluding hydrogens is 328 g/mol. The van der Waals surface area contributed by atoms with Crippen molar-refractivity contribution in [1.82, 2.24) is 0 Å². The predicted octanol–water partition coefficient (Wildman–Crippen LogP) is 2.70. The molecule has 7 nitrogen and oxygen atoms in total. The lowest BCUT2D eigenvalue weighted by Gasteiger charge is -2.11. The minimum atomic E-state index is -1.26. The minimum Gasteiger partial charge on any atom is -0.493 e. The SMILES string of the molecule is C=CC(=O)Oc1ccc(C(=O)Oc2c(OC)cccc2C(=O)O)cc1. The zero-order valence-electron chi connectivity index (χ0n) is 13.2. The topological polar surface area (TPSA) is 99.1 Å². The van der Waals surface area contributed by atoms with E-state index in [1.54, 1.807) is 0 Å². The number of aromatic carboxylic acids is 1. The first-order valence-corrected chi connectivity index (χ1v) is 7.03. The van der Waals surface area contributed by atoms with Crippen molar-refractivity contribution in [1.29, 1.82) is 0 Å². The lowest BCUT2D eigenvalue weighted by atomic mass is 10.1. The molecule has 0 spiro atoms. The van der Waals surface area contributed by atoms with E-state index < -0.39 is 17.9 Å². The van der Waals surface area contributed by atoms with Gasteiger partial charge in [0, 0.05) is 6.08 Å². The van der Waals surface area contributed by atoms with Crippen LogP contribution in [0, 0.1) is 0 Å². The van der Waals surface area contributed by atoms with Crippen molar-refractivity contribution in [3.8, 4) is 17.2 Å². The van der Waals surface area contributed by atoms with Crippen molar-refractivity contribution in [3.63, 3.8) is 0 Å². The van der Waals surface area contributed by atoms with Crippen molar-refractivity contribution in [2.45, 2.75) is 0 Å². The van der Waals surface area contributed by atoms with Crippen LogP contribution in [0.1, 0.15) is 20.7 Å². The molecular formula is C18H14O7. The molecule has 7 heteroatoms. The van der Waals surface area contributed by atoms with Crippen LogP contribution in [0.25, 0.3) is 0 Å². The third kappa shape index (κ3) is 4.23. The standard InChI is InChI=1S/C18H14O7/c1-3-15(19)24-12-9-7-11(8-10-12)18(22)25-16-13(17(20)21)5-4-6-14(16)23-2/h3-10H,1H2,2H3,(H,20,21). The Bertz CT molecular complexity index is 822. The number of hydrogen-bond acceptors (Lipinski definition) is 6. The molecule has 0 fully saturated rings. The van der Waals surface area contributed by atoms with Crippen LogP contribution >= 0.6 is 0 Å². The fourth-order valence-corrected chi connectivity index (χ4v) is 1.92. The maximum Gasteiger partial charge on any atom is 0.343 e. The Morgan fingerprint density at radius 2 is 1.72 bits per heavy atom. The Labute approximate surface area is 143 Å². The molecule has 2 rings (SSSR count). The summed E-state index contributed by atoms with van der Waals surface area (Å²) in [6.07, 6.45) is 1.01. The molecule has 0 radical (unpaired) electrons. The maximum absolute atomic E-state index is 12.3. The number of para-hydroxylation sites is 1. The molecule has 0 heterocycles. The van der Waals surface area contributed by atoms with E-state index in [1.807, 2.05) is 0 Å². The van der Waals surface area contributed by atoms with Crippen molar-refractivity contribution >= 4 is 17.9 Å². The summed E-state index contributed by atoms with van der Waals surface area (Å²) in [5.41, 5.74) is -0.0649. The summed E-state index contributed by atoms with van der Waals surface area (Å²) in [6.45, 7) is 3.28. The van der Waals surface area contributed by atoms with Crippen molar-refractivity contribution in [2.75, 3.05) is 7.11 Å². The van der Waals surface area contributed by atoms with Crippen molar-refractivity contribution in [2.24, 2.45) is 0 Å². The largest absolute Gasteiger partial charge is 0.493 e. The van der Waals surface area contributed by atoms with E-state index in [0.29, 0.717) is 0 Å². The van der Waals surface area contributed by atoms with Gasteiger partial charge in [0.05, 0.1) is 12.7 Å². The van der Waals surface area contributed by atoms with Gasteiger partial charge in [-0.3, -0.25) is 0 Å². The van der Waals surface area contributed by atoms with Gasteiger partial charge in [-0.05, 0) is 36.4 Å². The summed E-state index contributed by atoms with van der Waals surface area (Å²) >= 11 is 0. The second-order valence-electron chi connectivity index (χ2n) is 4.68. The molecule has 25 heavy (non-hydrogen) atoms. The second kappa shape index (κ2) is 7.78. The van der Waals surface area contributed by atoms with E-state index in [-0.39, 0.29) is 28.4 Å². The first-order chi connectivity index (χ1) is 12.0. The van der Waals surface area contributed by atoms with E-state index in [9.17, 15) is 19.5 Å². The number of carboxylic acids is 1. The zero-order chi connectivity index (χ0) is 18.4. The smallest absolute Gasteiger partial charge is 0.343 e. The molecule has 0 unspecified atom stereocenters. The van der Waals surface area contributed by atoms with Crippen LogP contribution < -0.4 is 14.2 Å². The average molecular weight is 342 g/mol. The van der Waals surface area contributed by atoms with Gasteiger partial charge in [0.1, 0.15) is 11.3 Å². The third-order valence-corrected chi connectivity index (χ3v) is 3.10. The van der Waals surface area contributed by atoms with Crippen molar-refractivity contribution in [3.05, 3.63) is 66.2 Å². The Kier molecular flexibility index (Phi) is 5.52. The van der Waals surface area contributed by atoms with E-state index in [2.05, 4.69) is 6.58 Å². The number of rotatable bonds is 6. The number of carbonyl (C=O) groups excluding carboxylic acids is 2. The molecule has 0 saturated carbocycles. The highest BCUT2D eigenvalue weighted by atomic mass is 16.6. The lowest BCUT2D eigenvalue weighted by molar-refractivity contribution is -0.128. The average Bonchev–Trinajstić information content (AvgIpc) is 2.62. The zero-order valence-corrected chi connectivity index (χ0v) is 13.2. The molecule has 0 amide bonds. The fourth-order valence-electron chi connectivity index (χ4n) is 1.92. The number of hydrogen-bond donors (Lipinski definition) is 1. The maximum atomic E-state index is 12.3. The van der Waals surface area contributed by atoms with Crippen LogP contribution in [-0.2, 0) is 4.79 Å². The molecule has 0 aromatic heterocycles. The highest BCUT2D eigenvalue weighted by molar-refractivity contribution is 5.96. The van der Waals surface area contributed by atoms with Crippen LogP contribution in [-0.4, -0.2) is 30.1 Å². The summed E-state index contributed by atoms with van der Waals surface area (Å²) in [6, 6.07) is 9.81. The molecule has 0 aliphatic heterocycles. The molecule has 0 saturated heterocycles. The van der Waals surface area contributed by atoms with Crippen LogP contribution in [0.2, 0.25) is 0 Å². The summed E-state index contributed by atoms with van der Waals surface area (Å²) in [4.78, 5) is 34.6. The van der Waals surface area contributed by atoms with Gasteiger partial charge in [-0.1, -0.05) is 12.6 Å². The Hall–Kier alpha value is -3.61. The van der Waals surface area contributed by atoms with Crippen LogP contribution in [0.5, 0.6) is 17.2 Å². The van der Waals surface area contributed by atoms with E-state index in [4.69, 9.17) is 14.2 Å². The number of ether oxygens (including phenoxy) is 3. The Morgan fingerprint density at radius 3 is 2.28 bits per heavy atom. The first kappa shape index (κ1) is 17.7. The number of carbonyl (C=O) groups is 3. The lowest BCUT2D eigenvalue weighted by Crippen LogP contribution is -2.12. The second-order valence-corrected chi connectivity index (χ2v) is 4.68. The predicted molar refractivity (Wildman–Crippen MR) is 87.2 cm³/mol. The summed E-state index contributed by atoms with van der Waals surface area (Å²) in [5, 5.41) is 9.21. The van der Waals surface area contributed by atoms with Gasteiger partial charge < -0.3 is 19.3 Å². The molecule has 1 N–H and O–H groups in total. The molecule has 0 aliphatic carbocycles. The van der Waals surface area contributed by atoms with Gasteiger partial charge in [-0.2, -0.15) is 0 Å². The highest BCUT2D eigenvalue weighted by Gasteiger charge is 2.20. The summed E-state index contributed by atoms with van der Waals surface area (Å²) < 4.78 is 15.1.